The molecule has 0 unspecified atom stereocenters. The first-order valence-corrected chi connectivity index (χ1v) is 13.5. The molecule has 0 spiro atoms. The number of hydrogen-bond donors (Lipinski definition) is 2. The fourth-order valence-corrected chi connectivity index (χ4v) is 4.94. The molecule has 7 nitrogen and oxygen atoms in total. The zero-order valence-electron chi connectivity index (χ0n) is 19.8. The number of sulfonamides is 1. The van der Waals surface area contributed by atoms with E-state index >= 15 is 0 Å². The maximum absolute atomic E-state index is 13.3. The van der Waals surface area contributed by atoms with Crippen molar-refractivity contribution < 1.29 is 13.2 Å². The van der Waals surface area contributed by atoms with Gasteiger partial charge < -0.3 is 20.3 Å². The molecule has 1 heterocycles. The second-order valence-electron chi connectivity index (χ2n) is 8.01. The summed E-state index contributed by atoms with van der Waals surface area (Å²) in [5.41, 5.74) is 1.46. The molecule has 2 aromatic carbocycles. The van der Waals surface area contributed by atoms with Crippen LogP contribution in [0.1, 0.15) is 30.2 Å². The molecule has 3 rings (SSSR count). The summed E-state index contributed by atoms with van der Waals surface area (Å²) in [6.07, 6.45) is 3.25. The minimum atomic E-state index is -4.01. The first kappa shape index (κ1) is 25.7. The molecule has 0 aliphatic rings. The molecule has 34 heavy (non-hydrogen) atoms. The average molecular weight is 501 g/mol. The third-order valence-corrected chi connectivity index (χ3v) is 6.93. The lowest BCUT2D eigenvalue weighted by Crippen LogP contribution is -2.15. The smallest absolute Gasteiger partial charge is 0.287 e. The van der Waals surface area contributed by atoms with Crippen molar-refractivity contribution in [1.29, 1.82) is 0 Å². The van der Waals surface area contributed by atoms with Crippen molar-refractivity contribution >= 4 is 33.4 Å². The summed E-state index contributed by atoms with van der Waals surface area (Å²) in [6, 6.07) is 16.9. The zero-order chi connectivity index (χ0) is 24.4. The van der Waals surface area contributed by atoms with Gasteiger partial charge in [0.05, 0.1) is 5.69 Å². The summed E-state index contributed by atoms with van der Waals surface area (Å²) in [4.78, 5) is 2.83. The quantitative estimate of drug-likeness (QED) is 0.188. The SMILES string of the molecule is CCCCNc1cc(CNCc2cccs2)cc(S(=O)(=O)N=CN(C)C)c1Oc1ccccc1. The third-order valence-electron chi connectivity index (χ3n) is 4.83. The standard InChI is InChI=1S/C25H32N4O3S2/c1-4-5-13-27-23-15-20(17-26-18-22-12-9-14-33-22)16-24(34(30,31)28-19-29(2)3)25(23)32-21-10-7-6-8-11-21/h6-12,14-16,19,26-27H,4-5,13,17-18H2,1-3H3. The number of hydrogen-bond acceptors (Lipinski definition) is 6. The largest absolute Gasteiger partial charge is 0.454 e. The Hall–Kier alpha value is -2.88. The van der Waals surface area contributed by atoms with Crippen LogP contribution in [-0.2, 0) is 23.1 Å². The van der Waals surface area contributed by atoms with E-state index < -0.39 is 10.0 Å². The highest BCUT2D eigenvalue weighted by atomic mass is 32.2. The lowest BCUT2D eigenvalue weighted by atomic mass is 10.1. The number of anilines is 1. The minimum Gasteiger partial charge on any atom is -0.454 e. The zero-order valence-corrected chi connectivity index (χ0v) is 21.5. The van der Waals surface area contributed by atoms with Crippen LogP contribution in [0.3, 0.4) is 0 Å². The van der Waals surface area contributed by atoms with Crippen molar-refractivity contribution in [2.24, 2.45) is 4.40 Å². The maximum Gasteiger partial charge on any atom is 0.287 e. The fourth-order valence-electron chi connectivity index (χ4n) is 3.15. The van der Waals surface area contributed by atoms with Crippen LogP contribution in [-0.4, -0.2) is 40.3 Å². The van der Waals surface area contributed by atoms with E-state index in [-0.39, 0.29) is 10.6 Å². The van der Waals surface area contributed by atoms with Gasteiger partial charge in [-0.2, -0.15) is 8.42 Å². The van der Waals surface area contributed by atoms with Crippen LogP contribution < -0.4 is 15.4 Å². The Morgan fingerprint density at radius 1 is 1.09 bits per heavy atom. The van der Waals surface area contributed by atoms with Gasteiger partial charge >= 0.3 is 0 Å². The van der Waals surface area contributed by atoms with Crippen molar-refractivity contribution in [1.82, 2.24) is 10.2 Å². The minimum absolute atomic E-state index is 0.0314. The average Bonchev–Trinajstić information content (AvgIpc) is 3.33. The molecular formula is C25H32N4O3S2. The fraction of sp³-hybridized carbons (Fsp3) is 0.320. The number of thiophene rings is 1. The molecule has 0 aliphatic carbocycles. The second kappa shape index (κ2) is 12.5. The molecule has 0 amide bonds. The van der Waals surface area contributed by atoms with Crippen molar-refractivity contribution in [2.45, 2.75) is 37.8 Å². The molecule has 0 radical (unpaired) electrons. The topological polar surface area (TPSA) is 83.0 Å². The van der Waals surface area contributed by atoms with Crippen LogP contribution in [0, 0.1) is 0 Å². The lowest BCUT2D eigenvalue weighted by Gasteiger charge is -2.18. The van der Waals surface area contributed by atoms with Gasteiger partial charge in [0.15, 0.2) is 5.75 Å². The summed E-state index contributed by atoms with van der Waals surface area (Å²) in [6.45, 7) is 4.03. The first-order valence-electron chi connectivity index (χ1n) is 11.2. The number of benzene rings is 2. The van der Waals surface area contributed by atoms with Crippen LogP contribution in [0.2, 0.25) is 0 Å². The van der Waals surface area contributed by atoms with Gasteiger partial charge in [0.1, 0.15) is 17.0 Å². The predicted octanol–water partition coefficient (Wildman–Crippen LogP) is 5.32. The molecular weight excluding hydrogens is 468 g/mol. The third kappa shape index (κ3) is 7.58. The predicted molar refractivity (Wildman–Crippen MR) is 141 cm³/mol. The van der Waals surface area contributed by atoms with Crippen molar-refractivity contribution in [3.05, 3.63) is 70.4 Å². The van der Waals surface area contributed by atoms with Gasteiger partial charge in [-0.1, -0.05) is 37.6 Å². The summed E-state index contributed by atoms with van der Waals surface area (Å²) >= 11 is 1.68. The van der Waals surface area contributed by atoms with E-state index in [0.29, 0.717) is 31.1 Å². The first-order chi connectivity index (χ1) is 16.4. The highest BCUT2D eigenvalue weighted by Gasteiger charge is 2.24. The van der Waals surface area contributed by atoms with Gasteiger partial charge in [0, 0.05) is 38.6 Å². The van der Waals surface area contributed by atoms with E-state index in [9.17, 15) is 8.42 Å². The van der Waals surface area contributed by atoms with E-state index in [4.69, 9.17) is 4.74 Å². The lowest BCUT2D eigenvalue weighted by molar-refractivity contribution is 0.468. The molecule has 0 fully saturated rings. The number of para-hydroxylation sites is 1. The monoisotopic (exact) mass is 500 g/mol. The number of ether oxygens (including phenoxy) is 1. The van der Waals surface area contributed by atoms with Crippen LogP contribution >= 0.6 is 11.3 Å². The Balaban J connectivity index is 2.02. The van der Waals surface area contributed by atoms with Crippen LogP contribution in [0.25, 0.3) is 0 Å². The molecule has 2 N–H and O–H groups in total. The Labute approximate surface area is 206 Å². The Kier molecular flexibility index (Phi) is 9.50. The molecule has 0 saturated carbocycles. The normalized spacial score (nSPS) is 11.6. The van der Waals surface area contributed by atoms with Crippen LogP contribution in [0.4, 0.5) is 5.69 Å². The Morgan fingerprint density at radius 3 is 2.56 bits per heavy atom. The summed E-state index contributed by atoms with van der Waals surface area (Å²) in [5, 5.41) is 8.81. The van der Waals surface area contributed by atoms with Gasteiger partial charge in [-0.15, -0.1) is 15.7 Å². The molecule has 0 atom stereocenters. The molecule has 3 aromatic rings. The summed E-state index contributed by atoms with van der Waals surface area (Å²) < 4.78 is 36.6. The molecule has 182 valence electrons. The van der Waals surface area contributed by atoms with Gasteiger partial charge in [0.2, 0.25) is 0 Å². The van der Waals surface area contributed by atoms with E-state index in [1.165, 1.54) is 11.2 Å². The maximum atomic E-state index is 13.3. The van der Waals surface area contributed by atoms with Crippen LogP contribution in [0.5, 0.6) is 11.5 Å². The number of nitrogens with one attached hydrogen (secondary N) is 2. The molecule has 0 aliphatic heterocycles. The van der Waals surface area contributed by atoms with Gasteiger partial charge in [-0.05, 0) is 47.7 Å². The molecule has 0 bridgehead atoms. The molecule has 0 saturated heterocycles. The van der Waals surface area contributed by atoms with Gasteiger partial charge in [0.25, 0.3) is 10.0 Å². The number of rotatable bonds is 13. The van der Waals surface area contributed by atoms with Crippen molar-refractivity contribution in [3.63, 3.8) is 0 Å². The van der Waals surface area contributed by atoms with E-state index in [0.717, 1.165) is 18.4 Å². The van der Waals surface area contributed by atoms with E-state index in [1.54, 1.807) is 48.5 Å². The van der Waals surface area contributed by atoms with Crippen molar-refractivity contribution in [2.75, 3.05) is 26.0 Å². The van der Waals surface area contributed by atoms with E-state index in [2.05, 4.69) is 28.0 Å². The number of unbranched alkanes of at least 4 members (excludes halogenated alkanes) is 1. The highest BCUT2D eigenvalue weighted by Crippen LogP contribution is 2.38. The van der Waals surface area contributed by atoms with Gasteiger partial charge in [-0.3, -0.25) is 0 Å². The van der Waals surface area contributed by atoms with Gasteiger partial charge in [-0.25, -0.2) is 0 Å². The Bertz CT molecular complexity index is 1160. The highest BCUT2D eigenvalue weighted by molar-refractivity contribution is 7.90. The molecule has 9 heteroatoms. The molecule has 1 aromatic heterocycles. The summed E-state index contributed by atoms with van der Waals surface area (Å²) in [7, 11) is -0.562. The Morgan fingerprint density at radius 2 is 1.88 bits per heavy atom. The second-order valence-corrected chi connectivity index (χ2v) is 10.6. The van der Waals surface area contributed by atoms with Crippen LogP contribution in [0.15, 0.2) is 69.3 Å². The van der Waals surface area contributed by atoms with Crippen molar-refractivity contribution in [3.8, 4) is 11.5 Å². The van der Waals surface area contributed by atoms with E-state index in [1.807, 2.05) is 35.7 Å². The summed E-state index contributed by atoms with van der Waals surface area (Å²) in [5.74, 6) is 0.804. The number of nitrogens with zero attached hydrogens (tertiary/aromatic N) is 2.